The summed E-state index contributed by atoms with van der Waals surface area (Å²) < 4.78 is 0. The fraction of sp³-hybridized carbons (Fsp3) is 0.278. The first kappa shape index (κ1) is 13.2. The quantitative estimate of drug-likeness (QED) is 0.795. The number of hydrogen-bond acceptors (Lipinski definition) is 3. The molecule has 1 unspecified atom stereocenters. The van der Waals surface area contributed by atoms with Gasteiger partial charge in [-0.05, 0) is 41.7 Å². The van der Waals surface area contributed by atoms with Crippen molar-refractivity contribution >= 4 is 17.3 Å². The first-order valence-corrected chi connectivity index (χ1v) is 7.71. The van der Waals surface area contributed by atoms with Crippen LogP contribution in [-0.2, 0) is 0 Å². The molecule has 0 saturated carbocycles. The van der Waals surface area contributed by atoms with Crippen LogP contribution in [0.2, 0.25) is 0 Å². The normalized spacial score (nSPS) is 23.0. The van der Waals surface area contributed by atoms with Crippen molar-refractivity contribution in [3.05, 3.63) is 59.2 Å². The van der Waals surface area contributed by atoms with Gasteiger partial charge in [-0.25, -0.2) is 0 Å². The molecular formula is C18H19N3O. The van der Waals surface area contributed by atoms with Crippen molar-refractivity contribution in [3.63, 3.8) is 0 Å². The lowest BCUT2D eigenvalue weighted by Crippen LogP contribution is -2.49. The molecule has 1 amide bonds. The lowest BCUT2D eigenvalue weighted by Gasteiger charge is -2.44. The first-order valence-electron chi connectivity index (χ1n) is 7.71. The van der Waals surface area contributed by atoms with Crippen LogP contribution in [0.3, 0.4) is 0 Å². The van der Waals surface area contributed by atoms with Gasteiger partial charge in [0.2, 0.25) is 0 Å². The number of benzene rings is 2. The number of carbonyl (C=O) groups excluding carboxylic acids is 1. The summed E-state index contributed by atoms with van der Waals surface area (Å²) in [5.74, 6) is 0.494. The Balaban J connectivity index is 1.85. The summed E-state index contributed by atoms with van der Waals surface area (Å²) in [5.41, 5.74) is 10.8. The molecule has 0 radical (unpaired) electrons. The molecule has 2 aliphatic rings. The smallest absolute Gasteiger partial charge is 0.255 e. The maximum absolute atomic E-state index is 12.5. The molecule has 2 aliphatic heterocycles. The Labute approximate surface area is 129 Å². The molecule has 4 nitrogen and oxygen atoms in total. The Morgan fingerprint density at radius 3 is 2.73 bits per heavy atom. The number of nitrogens with one attached hydrogen (secondary N) is 1. The molecule has 4 rings (SSSR count). The van der Waals surface area contributed by atoms with Gasteiger partial charge in [-0.1, -0.05) is 31.2 Å². The van der Waals surface area contributed by atoms with Crippen LogP contribution < -0.4 is 16.0 Å². The number of amides is 1. The highest BCUT2D eigenvalue weighted by molar-refractivity contribution is 6.03. The van der Waals surface area contributed by atoms with E-state index in [2.05, 4.69) is 23.2 Å². The molecule has 0 aliphatic carbocycles. The van der Waals surface area contributed by atoms with Crippen LogP contribution in [0.5, 0.6) is 0 Å². The SMILES string of the molecule is CC1CCN2c3c(cccc31)C(=O)N[C@H]2c1ccc(N)cc1. The van der Waals surface area contributed by atoms with Crippen LogP contribution in [0.15, 0.2) is 42.5 Å². The van der Waals surface area contributed by atoms with Gasteiger partial charge in [0, 0.05) is 12.2 Å². The van der Waals surface area contributed by atoms with E-state index in [9.17, 15) is 4.79 Å². The highest BCUT2D eigenvalue weighted by Crippen LogP contribution is 2.43. The largest absolute Gasteiger partial charge is 0.399 e. The third-order valence-corrected chi connectivity index (χ3v) is 4.76. The number of anilines is 2. The molecule has 0 aromatic heterocycles. The van der Waals surface area contributed by atoms with Crippen molar-refractivity contribution in [2.75, 3.05) is 17.2 Å². The van der Waals surface area contributed by atoms with Gasteiger partial charge >= 0.3 is 0 Å². The van der Waals surface area contributed by atoms with E-state index >= 15 is 0 Å². The molecule has 4 heteroatoms. The van der Waals surface area contributed by atoms with Gasteiger partial charge in [0.25, 0.3) is 5.91 Å². The predicted octanol–water partition coefficient (Wildman–Crippen LogP) is 3.02. The zero-order valence-electron chi connectivity index (χ0n) is 12.5. The van der Waals surface area contributed by atoms with Crippen molar-refractivity contribution in [1.82, 2.24) is 5.32 Å². The number of nitrogens with zero attached hydrogens (tertiary/aromatic N) is 1. The summed E-state index contributed by atoms with van der Waals surface area (Å²) >= 11 is 0. The average molecular weight is 293 g/mol. The van der Waals surface area contributed by atoms with Crippen molar-refractivity contribution in [3.8, 4) is 0 Å². The number of nitrogens with two attached hydrogens (primary N) is 1. The summed E-state index contributed by atoms with van der Waals surface area (Å²) in [6.45, 7) is 3.18. The van der Waals surface area contributed by atoms with Gasteiger partial charge in [0.05, 0.1) is 11.3 Å². The molecule has 0 bridgehead atoms. The second-order valence-electron chi connectivity index (χ2n) is 6.17. The summed E-state index contributed by atoms with van der Waals surface area (Å²) in [4.78, 5) is 14.8. The Bertz CT molecular complexity index is 738. The highest BCUT2D eigenvalue weighted by atomic mass is 16.2. The van der Waals surface area contributed by atoms with Crippen molar-refractivity contribution in [2.24, 2.45) is 0 Å². The fourth-order valence-corrected chi connectivity index (χ4v) is 3.54. The van der Waals surface area contributed by atoms with Gasteiger partial charge < -0.3 is 16.0 Å². The van der Waals surface area contributed by atoms with Crippen LogP contribution in [0.4, 0.5) is 11.4 Å². The molecule has 3 N–H and O–H groups in total. The van der Waals surface area contributed by atoms with Gasteiger partial charge in [0.1, 0.15) is 6.17 Å². The maximum atomic E-state index is 12.5. The molecule has 0 fully saturated rings. The second-order valence-corrected chi connectivity index (χ2v) is 6.17. The van der Waals surface area contributed by atoms with Crippen molar-refractivity contribution < 1.29 is 4.79 Å². The Hall–Kier alpha value is -2.49. The summed E-state index contributed by atoms with van der Waals surface area (Å²) in [7, 11) is 0. The standard InChI is InChI=1S/C18H19N3O/c1-11-9-10-21-16-14(11)3-2-4-15(16)18(22)20-17(21)12-5-7-13(19)8-6-12/h2-8,11,17H,9-10,19H2,1H3,(H,20,22)/t11?,17-/m1/s1. The Morgan fingerprint density at radius 1 is 1.18 bits per heavy atom. The van der Waals surface area contributed by atoms with Gasteiger partial charge in [0.15, 0.2) is 0 Å². The zero-order valence-corrected chi connectivity index (χ0v) is 12.5. The molecular weight excluding hydrogens is 274 g/mol. The van der Waals surface area contributed by atoms with Gasteiger partial charge in [-0.15, -0.1) is 0 Å². The number of hydrogen-bond donors (Lipinski definition) is 2. The topological polar surface area (TPSA) is 58.4 Å². The summed E-state index contributed by atoms with van der Waals surface area (Å²) in [5, 5.41) is 3.13. The molecule has 22 heavy (non-hydrogen) atoms. The van der Waals surface area contributed by atoms with E-state index in [0.29, 0.717) is 5.92 Å². The Kier molecular flexibility index (Phi) is 2.86. The average Bonchev–Trinajstić information content (AvgIpc) is 2.53. The van der Waals surface area contributed by atoms with Crippen LogP contribution in [0, 0.1) is 0 Å². The predicted molar refractivity (Wildman–Crippen MR) is 87.9 cm³/mol. The van der Waals surface area contributed by atoms with Crippen LogP contribution in [-0.4, -0.2) is 12.5 Å². The number of carbonyl (C=O) groups is 1. The third-order valence-electron chi connectivity index (χ3n) is 4.76. The number of para-hydroxylation sites is 1. The molecule has 2 aromatic carbocycles. The van der Waals surface area contributed by atoms with Crippen molar-refractivity contribution in [2.45, 2.75) is 25.4 Å². The molecule has 2 heterocycles. The van der Waals surface area contributed by atoms with Crippen LogP contribution in [0.25, 0.3) is 0 Å². The first-order chi connectivity index (χ1) is 10.6. The van der Waals surface area contributed by atoms with Crippen LogP contribution >= 0.6 is 0 Å². The minimum absolute atomic E-state index is 0.00373. The van der Waals surface area contributed by atoms with E-state index in [4.69, 9.17) is 5.73 Å². The third kappa shape index (κ3) is 1.87. The minimum atomic E-state index is -0.116. The van der Waals surface area contributed by atoms with E-state index < -0.39 is 0 Å². The summed E-state index contributed by atoms with van der Waals surface area (Å²) in [6.07, 6.45) is 0.979. The second kappa shape index (κ2) is 4.77. The van der Waals surface area contributed by atoms with Crippen molar-refractivity contribution in [1.29, 1.82) is 0 Å². The molecule has 112 valence electrons. The zero-order chi connectivity index (χ0) is 15.3. The lowest BCUT2D eigenvalue weighted by molar-refractivity contribution is 0.0925. The van der Waals surface area contributed by atoms with Gasteiger partial charge in [-0.2, -0.15) is 0 Å². The Morgan fingerprint density at radius 2 is 1.95 bits per heavy atom. The minimum Gasteiger partial charge on any atom is -0.399 e. The number of rotatable bonds is 1. The van der Waals surface area contributed by atoms with E-state index in [1.54, 1.807) is 0 Å². The maximum Gasteiger partial charge on any atom is 0.255 e. The lowest BCUT2D eigenvalue weighted by atomic mass is 9.87. The summed E-state index contributed by atoms with van der Waals surface area (Å²) in [6, 6.07) is 13.8. The number of nitrogen functional groups attached to an aromatic ring is 1. The van der Waals surface area contributed by atoms with Crippen LogP contribution in [0.1, 0.15) is 46.9 Å². The molecule has 2 aromatic rings. The van der Waals surface area contributed by atoms with Gasteiger partial charge in [-0.3, -0.25) is 4.79 Å². The fourth-order valence-electron chi connectivity index (χ4n) is 3.54. The molecule has 0 spiro atoms. The van der Waals surface area contributed by atoms with E-state index in [1.807, 2.05) is 36.4 Å². The molecule has 2 atom stereocenters. The van der Waals surface area contributed by atoms with E-state index in [1.165, 1.54) is 5.56 Å². The van der Waals surface area contributed by atoms with E-state index in [0.717, 1.165) is 35.5 Å². The van der Waals surface area contributed by atoms with E-state index in [-0.39, 0.29) is 12.1 Å². The highest BCUT2D eigenvalue weighted by Gasteiger charge is 2.36. The molecule has 0 saturated heterocycles. The monoisotopic (exact) mass is 293 g/mol.